The van der Waals surface area contributed by atoms with Crippen molar-refractivity contribution in [2.75, 3.05) is 19.0 Å². The van der Waals surface area contributed by atoms with Gasteiger partial charge in [-0.25, -0.2) is 9.78 Å². The molecule has 9 nitrogen and oxygen atoms in total. The van der Waals surface area contributed by atoms with Gasteiger partial charge in [-0.1, -0.05) is 0 Å². The molecule has 3 atom stereocenters. The van der Waals surface area contributed by atoms with E-state index in [4.69, 9.17) is 24.1 Å². The summed E-state index contributed by atoms with van der Waals surface area (Å²) < 4.78 is 22.9. The van der Waals surface area contributed by atoms with Crippen LogP contribution < -0.4 is 14.8 Å². The van der Waals surface area contributed by atoms with Gasteiger partial charge in [-0.3, -0.25) is 4.79 Å². The van der Waals surface area contributed by atoms with Gasteiger partial charge in [0.15, 0.2) is 0 Å². The molecular weight excluding hydrogens is 440 g/mol. The molecule has 34 heavy (non-hydrogen) atoms. The number of hydrogen-bond acceptors (Lipinski definition) is 7. The van der Waals surface area contributed by atoms with E-state index in [9.17, 15) is 9.59 Å². The van der Waals surface area contributed by atoms with E-state index in [1.54, 1.807) is 25.3 Å². The molecule has 2 aromatic rings. The minimum Gasteiger partial charge on any atom is -0.495 e. The van der Waals surface area contributed by atoms with Crippen LogP contribution in [0.25, 0.3) is 0 Å². The number of anilines is 1. The third-order valence-corrected chi connectivity index (χ3v) is 4.99. The van der Waals surface area contributed by atoms with Crippen LogP contribution in [0, 0.1) is 0 Å². The number of carbonyl (C=O) groups excluding carboxylic acids is 1. The van der Waals surface area contributed by atoms with Gasteiger partial charge in [-0.15, -0.1) is 0 Å². The average Bonchev–Trinajstić information content (AvgIpc) is 3.18. The second-order valence-corrected chi connectivity index (χ2v) is 8.24. The first kappa shape index (κ1) is 25.0. The zero-order valence-corrected chi connectivity index (χ0v) is 19.7. The van der Waals surface area contributed by atoms with E-state index in [1.807, 2.05) is 20.8 Å². The summed E-state index contributed by atoms with van der Waals surface area (Å²) in [5.41, 5.74) is 0.333. The summed E-state index contributed by atoms with van der Waals surface area (Å²) in [4.78, 5) is 27.9. The second kappa shape index (κ2) is 11.5. The topological polar surface area (TPSA) is 116 Å². The molecule has 0 radical (unpaired) electrons. The Morgan fingerprint density at radius 3 is 2.41 bits per heavy atom. The molecule has 1 aliphatic rings. The Hall–Kier alpha value is -3.59. The van der Waals surface area contributed by atoms with Gasteiger partial charge in [0.1, 0.15) is 29.5 Å². The van der Waals surface area contributed by atoms with Crippen LogP contribution >= 0.6 is 0 Å². The Bertz CT molecular complexity index is 1040. The van der Waals surface area contributed by atoms with Gasteiger partial charge in [0.05, 0.1) is 24.0 Å². The molecule has 1 aromatic heterocycles. The van der Waals surface area contributed by atoms with Crippen molar-refractivity contribution in [2.45, 2.75) is 51.9 Å². The predicted molar refractivity (Wildman–Crippen MR) is 126 cm³/mol. The van der Waals surface area contributed by atoms with Crippen molar-refractivity contribution in [3.8, 4) is 11.5 Å². The third-order valence-electron chi connectivity index (χ3n) is 4.99. The molecule has 182 valence electrons. The highest BCUT2D eigenvalue weighted by molar-refractivity contribution is 6.04. The van der Waals surface area contributed by atoms with Crippen LogP contribution in [0.15, 0.2) is 48.4 Å². The first-order chi connectivity index (χ1) is 16.2. The fraction of sp³-hybridized carbons (Fsp3) is 0.400. The Morgan fingerprint density at radius 2 is 1.85 bits per heavy atom. The number of amides is 1. The monoisotopic (exact) mass is 470 g/mol. The predicted octanol–water partition coefficient (Wildman–Crippen LogP) is 4.30. The Kier molecular flexibility index (Phi) is 8.48. The van der Waals surface area contributed by atoms with E-state index in [2.05, 4.69) is 16.4 Å². The molecule has 0 bridgehead atoms. The molecule has 0 aliphatic carbocycles. The van der Waals surface area contributed by atoms with E-state index in [0.717, 1.165) is 12.2 Å². The lowest BCUT2D eigenvalue weighted by Crippen LogP contribution is -2.19. The van der Waals surface area contributed by atoms with Crippen LogP contribution in [-0.4, -0.2) is 54.0 Å². The number of carbonyl (C=O) groups is 2. The van der Waals surface area contributed by atoms with Crippen LogP contribution in [0.1, 0.15) is 54.3 Å². The van der Waals surface area contributed by atoms with Crippen molar-refractivity contribution < 1.29 is 33.6 Å². The average molecular weight is 471 g/mol. The summed E-state index contributed by atoms with van der Waals surface area (Å²) >= 11 is 0. The maximum Gasteiger partial charge on any atom is 0.337 e. The molecule has 9 heteroatoms. The molecule has 3 rings (SSSR count). The Labute approximate surface area is 198 Å². The first-order valence-electron chi connectivity index (χ1n) is 11.1. The van der Waals surface area contributed by atoms with E-state index < -0.39 is 11.9 Å². The van der Waals surface area contributed by atoms with Gasteiger partial charge in [0.25, 0.3) is 5.91 Å². The van der Waals surface area contributed by atoms with Crippen molar-refractivity contribution in [1.82, 2.24) is 4.98 Å². The van der Waals surface area contributed by atoms with Crippen molar-refractivity contribution in [3.63, 3.8) is 0 Å². The van der Waals surface area contributed by atoms with Crippen LogP contribution in [-0.2, 0) is 9.47 Å². The van der Waals surface area contributed by atoms with E-state index in [-0.39, 0.29) is 29.7 Å². The third kappa shape index (κ3) is 7.21. The summed E-state index contributed by atoms with van der Waals surface area (Å²) in [6.45, 7) is 6.19. The van der Waals surface area contributed by atoms with Crippen LogP contribution in [0.2, 0.25) is 0 Å². The van der Waals surface area contributed by atoms with Crippen molar-refractivity contribution in [1.29, 1.82) is 0 Å². The van der Waals surface area contributed by atoms with E-state index in [1.165, 1.54) is 18.3 Å². The zero-order chi connectivity index (χ0) is 24.7. The van der Waals surface area contributed by atoms with Gasteiger partial charge < -0.3 is 29.4 Å². The van der Waals surface area contributed by atoms with E-state index >= 15 is 0 Å². The lowest BCUT2D eigenvalue weighted by molar-refractivity contribution is 0.0696. The highest BCUT2D eigenvalue weighted by Crippen LogP contribution is 2.28. The number of carboxylic acid groups (broad SMARTS) is 1. The van der Waals surface area contributed by atoms with Gasteiger partial charge in [-0.2, -0.15) is 0 Å². The van der Waals surface area contributed by atoms with Crippen molar-refractivity contribution >= 4 is 17.7 Å². The van der Waals surface area contributed by atoms with Crippen LogP contribution in [0.4, 0.5) is 5.82 Å². The Balaban J connectivity index is 1.77. The number of nitrogens with zero attached hydrogens (tertiary/aromatic N) is 1. The zero-order valence-electron chi connectivity index (χ0n) is 19.7. The van der Waals surface area contributed by atoms with E-state index in [0.29, 0.717) is 30.1 Å². The second-order valence-electron chi connectivity index (χ2n) is 8.24. The van der Waals surface area contributed by atoms with Crippen LogP contribution in [0.5, 0.6) is 11.5 Å². The maximum atomic E-state index is 12.9. The normalized spacial score (nSPS) is 16.7. The number of benzene rings is 1. The number of aromatic carboxylic acids is 1. The number of pyridine rings is 1. The van der Waals surface area contributed by atoms with Crippen LogP contribution in [0.3, 0.4) is 0 Å². The van der Waals surface area contributed by atoms with Gasteiger partial charge in [-0.05, 0) is 51.1 Å². The molecule has 0 fully saturated rings. The SMILES string of the molecule is COC[C@H](C)Oc1cc(O[C@@H](C)CC2=CCC(C)O2)cc(C(=O)Nc2ccc(C(=O)O)cn2)c1. The lowest BCUT2D eigenvalue weighted by Gasteiger charge is -2.19. The largest absolute Gasteiger partial charge is 0.495 e. The summed E-state index contributed by atoms with van der Waals surface area (Å²) in [6, 6.07) is 7.75. The molecule has 1 aromatic carbocycles. The van der Waals surface area contributed by atoms with Gasteiger partial charge >= 0.3 is 5.97 Å². The standard InChI is InChI=1S/C25H30N2O7/c1-15-5-7-20(32-15)9-16(2)33-21-10-19(11-22(12-21)34-17(3)14-31-4)24(28)27-23-8-6-18(13-26-23)25(29)30/h6-8,10-13,15-17H,5,9,14H2,1-4H3,(H,29,30)(H,26,27,28)/t15?,16-,17-/m0/s1. The minimum atomic E-state index is -1.09. The number of ether oxygens (including phenoxy) is 4. The first-order valence-corrected chi connectivity index (χ1v) is 11.1. The Morgan fingerprint density at radius 1 is 1.15 bits per heavy atom. The van der Waals surface area contributed by atoms with Crippen molar-refractivity contribution in [2.24, 2.45) is 0 Å². The number of aromatic nitrogens is 1. The fourth-order valence-electron chi connectivity index (χ4n) is 3.46. The highest BCUT2D eigenvalue weighted by Gasteiger charge is 2.19. The molecule has 2 N–H and O–H groups in total. The number of methoxy groups -OCH3 is 1. The summed E-state index contributed by atoms with van der Waals surface area (Å²) in [6.07, 6.45) is 4.49. The van der Waals surface area contributed by atoms with Gasteiger partial charge in [0, 0.05) is 37.8 Å². The molecule has 2 heterocycles. The van der Waals surface area contributed by atoms with Crippen molar-refractivity contribution in [3.05, 3.63) is 59.5 Å². The molecule has 1 amide bonds. The number of nitrogens with one attached hydrogen (secondary N) is 1. The maximum absolute atomic E-state index is 12.9. The summed E-state index contributed by atoms with van der Waals surface area (Å²) in [5.74, 6) is 0.525. The lowest BCUT2D eigenvalue weighted by atomic mass is 10.1. The summed E-state index contributed by atoms with van der Waals surface area (Å²) in [7, 11) is 1.59. The van der Waals surface area contributed by atoms with Gasteiger partial charge in [0.2, 0.25) is 0 Å². The minimum absolute atomic E-state index is 0.0287. The fourth-order valence-corrected chi connectivity index (χ4v) is 3.46. The molecular formula is C25H30N2O7. The quantitative estimate of drug-likeness (QED) is 0.499. The molecule has 0 saturated carbocycles. The smallest absolute Gasteiger partial charge is 0.337 e. The molecule has 0 spiro atoms. The molecule has 0 saturated heterocycles. The highest BCUT2D eigenvalue weighted by atomic mass is 16.5. The number of carboxylic acids is 1. The number of rotatable bonds is 11. The summed E-state index contributed by atoms with van der Waals surface area (Å²) in [5, 5.41) is 11.7. The number of hydrogen-bond donors (Lipinski definition) is 2. The molecule has 1 aliphatic heterocycles. The molecule has 1 unspecified atom stereocenters.